The van der Waals surface area contributed by atoms with Crippen LogP contribution in [0.2, 0.25) is 0 Å². The maximum absolute atomic E-state index is 8.58. The molecule has 0 aliphatic rings. The van der Waals surface area contributed by atoms with Crippen molar-refractivity contribution in [3.8, 4) is 6.07 Å². The summed E-state index contributed by atoms with van der Waals surface area (Å²) >= 11 is 2.53. The van der Waals surface area contributed by atoms with Crippen LogP contribution in [0, 0.1) is 11.3 Å². The topological polar surface area (TPSA) is 69.3 Å². The first-order chi connectivity index (χ1) is 7.33. The Bertz CT molecular complexity index is 528. The second-order valence-corrected chi connectivity index (χ2v) is 4.83. The minimum atomic E-state index is -0.00550. The Morgan fingerprint density at radius 2 is 2.25 bits per heavy atom. The van der Waals surface area contributed by atoms with Crippen molar-refractivity contribution in [1.82, 2.24) is 4.98 Å². The molecular formula is C9H6N3NaOS2. The fourth-order valence-corrected chi connectivity index (χ4v) is 2.81. The van der Waals surface area contributed by atoms with Crippen molar-refractivity contribution < 1.29 is 5.21 Å². The molecule has 0 amide bonds. The van der Waals surface area contributed by atoms with Gasteiger partial charge in [0.15, 0.2) is 4.34 Å². The van der Waals surface area contributed by atoms with Crippen LogP contribution in [0.3, 0.4) is 0 Å². The van der Waals surface area contributed by atoms with Gasteiger partial charge in [0.2, 0.25) is 5.04 Å². The molecule has 4 nitrogen and oxygen atoms in total. The average Bonchev–Trinajstić information content (AvgIpc) is 2.68. The number of hydrogen-bond acceptors (Lipinski definition) is 6. The van der Waals surface area contributed by atoms with E-state index >= 15 is 0 Å². The van der Waals surface area contributed by atoms with Crippen LogP contribution in [0.25, 0.3) is 10.2 Å². The normalized spacial score (nSPS) is 10.8. The first-order valence-electron chi connectivity index (χ1n) is 3.99. The second kappa shape index (κ2) is 6.23. The van der Waals surface area contributed by atoms with Gasteiger partial charge in [0.25, 0.3) is 0 Å². The summed E-state index contributed by atoms with van der Waals surface area (Å²) in [6, 6.07) is 9.47. The van der Waals surface area contributed by atoms with E-state index in [0.717, 1.165) is 22.0 Å². The molecule has 0 radical (unpaired) electrons. The van der Waals surface area contributed by atoms with Crippen LogP contribution in [-0.2, 0) is 0 Å². The van der Waals surface area contributed by atoms with E-state index in [-0.39, 0.29) is 34.6 Å². The van der Waals surface area contributed by atoms with Crippen LogP contribution in [0.5, 0.6) is 0 Å². The number of nitriles is 1. The third kappa shape index (κ3) is 2.97. The van der Waals surface area contributed by atoms with Crippen LogP contribution in [0.15, 0.2) is 33.8 Å². The molecule has 0 spiro atoms. The van der Waals surface area contributed by atoms with E-state index in [0.29, 0.717) is 4.34 Å². The molecule has 1 N–H and O–H groups in total. The number of thioether (sulfide) groups is 1. The van der Waals surface area contributed by atoms with Crippen molar-refractivity contribution >= 4 is 67.9 Å². The molecule has 0 unspecified atom stereocenters. The molecule has 1 aromatic heterocycles. The maximum atomic E-state index is 8.58. The van der Waals surface area contributed by atoms with E-state index in [1.165, 1.54) is 11.3 Å². The molecule has 0 aliphatic carbocycles. The second-order valence-electron chi connectivity index (χ2n) is 2.57. The number of aromatic nitrogens is 1. The van der Waals surface area contributed by atoms with Gasteiger partial charge in [-0.3, -0.25) is 0 Å². The summed E-state index contributed by atoms with van der Waals surface area (Å²) in [6.45, 7) is 0. The predicted octanol–water partition coefficient (Wildman–Crippen LogP) is 2.05. The number of fused-ring (bicyclic) bond motifs is 1. The standard InChI is InChI=1S/C9H5N3OS2.Na.H/c10-5-8(12-13)15-9-11-6-3-1-2-4-7(6)14-9;;/h1-4,13H;;. The minimum absolute atomic E-state index is 0. The van der Waals surface area contributed by atoms with Gasteiger partial charge in [-0.15, -0.1) is 11.3 Å². The Kier molecular flexibility index (Phi) is 5.25. The van der Waals surface area contributed by atoms with Gasteiger partial charge in [-0.05, 0) is 23.9 Å². The van der Waals surface area contributed by atoms with Gasteiger partial charge in [0.05, 0.1) is 10.2 Å². The molecule has 0 saturated heterocycles. The van der Waals surface area contributed by atoms with Crippen LogP contribution >= 0.6 is 23.1 Å². The summed E-state index contributed by atoms with van der Waals surface area (Å²) in [4.78, 5) is 4.29. The van der Waals surface area contributed by atoms with Gasteiger partial charge in [0.1, 0.15) is 6.07 Å². The number of thiazole rings is 1. The zero-order chi connectivity index (χ0) is 10.7. The van der Waals surface area contributed by atoms with E-state index < -0.39 is 0 Å². The fourth-order valence-electron chi connectivity index (χ4n) is 1.04. The Labute approximate surface area is 122 Å². The van der Waals surface area contributed by atoms with Crippen molar-refractivity contribution in [2.45, 2.75) is 4.34 Å². The SMILES string of the molecule is N#CC(=NO)Sc1nc2ccccc2s1.[NaH]. The number of oxime groups is 1. The predicted molar refractivity (Wildman–Crippen MR) is 67.5 cm³/mol. The number of nitrogens with zero attached hydrogens (tertiary/aromatic N) is 3. The van der Waals surface area contributed by atoms with E-state index in [9.17, 15) is 0 Å². The van der Waals surface area contributed by atoms with Crippen LogP contribution in [0.4, 0.5) is 0 Å². The van der Waals surface area contributed by atoms with Gasteiger partial charge < -0.3 is 5.21 Å². The molecule has 2 aromatic rings. The molecule has 76 valence electrons. The van der Waals surface area contributed by atoms with Gasteiger partial charge in [-0.25, -0.2) is 4.98 Å². The van der Waals surface area contributed by atoms with E-state index in [1.807, 2.05) is 24.3 Å². The Morgan fingerprint density at radius 3 is 2.88 bits per heavy atom. The zero-order valence-electron chi connectivity index (χ0n) is 7.41. The van der Waals surface area contributed by atoms with Gasteiger partial charge in [0, 0.05) is 0 Å². The molecular weight excluding hydrogens is 253 g/mol. The van der Waals surface area contributed by atoms with Crippen molar-refractivity contribution in [1.29, 1.82) is 5.26 Å². The molecule has 1 heterocycles. The first kappa shape index (κ1) is 13.5. The quantitative estimate of drug-likeness (QED) is 0.212. The van der Waals surface area contributed by atoms with Crippen molar-refractivity contribution in [3.05, 3.63) is 24.3 Å². The number of para-hydroxylation sites is 1. The number of rotatable bonds is 1. The van der Waals surface area contributed by atoms with Crippen molar-refractivity contribution in [2.75, 3.05) is 0 Å². The molecule has 0 bridgehead atoms. The van der Waals surface area contributed by atoms with Crippen LogP contribution in [-0.4, -0.2) is 44.8 Å². The number of hydrogen-bond donors (Lipinski definition) is 1. The Hall–Kier alpha value is -0.580. The summed E-state index contributed by atoms with van der Waals surface area (Å²) < 4.78 is 1.75. The monoisotopic (exact) mass is 259 g/mol. The average molecular weight is 259 g/mol. The van der Waals surface area contributed by atoms with Crippen LogP contribution < -0.4 is 0 Å². The third-order valence-electron chi connectivity index (χ3n) is 1.64. The fraction of sp³-hybridized carbons (Fsp3) is 0. The summed E-state index contributed by atoms with van der Waals surface area (Å²) in [7, 11) is 0. The van der Waals surface area contributed by atoms with E-state index in [1.54, 1.807) is 6.07 Å². The molecule has 16 heavy (non-hydrogen) atoms. The van der Waals surface area contributed by atoms with Gasteiger partial charge >= 0.3 is 29.6 Å². The third-order valence-corrected chi connectivity index (χ3v) is 3.61. The molecule has 7 heteroatoms. The van der Waals surface area contributed by atoms with E-state index in [4.69, 9.17) is 10.5 Å². The molecule has 0 fully saturated rings. The molecule has 0 atom stereocenters. The van der Waals surface area contributed by atoms with Gasteiger partial charge in [-0.2, -0.15) is 5.26 Å². The molecule has 0 aliphatic heterocycles. The molecule has 2 rings (SSSR count). The van der Waals surface area contributed by atoms with Crippen molar-refractivity contribution in [3.63, 3.8) is 0 Å². The van der Waals surface area contributed by atoms with E-state index in [2.05, 4.69) is 10.1 Å². The molecule has 1 aromatic carbocycles. The Morgan fingerprint density at radius 1 is 1.50 bits per heavy atom. The summed E-state index contributed by atoms with van der Waals surface area (Å²) in [5.74, 6) is 0. The first-order valence-corrected chi connectivity index (χ1v) is 5.62. The Balaban J connectivity index is 0.00000128. The van der Waals surface area contributed by atoms with Crippen LogP contribution in [0.1, 0.15) is 0 Å². The van der Waals surface area contributed by atoms with Gasteiger partial charge in [-0.1, -0.05) is 17.3 Å². The van der Waals surface area contributed by atoms with Crippen molar-refractivity contribution in [2.24, 2.45) is 5.16 Å². The summed E-state index contributed by atoms with van der Waals surface area (Å²) in [5, 5.41) is 19.9. The zero-order valence-corrected chi connectivity index (χ0v) is 9.05. The molecule has 0 saturated carbocycles. The number of benzene rings is 1. The summed E-state index contributed by atoms with van der Waals surface area (Å²) in [5.41, 5.74) is 0.889. The summed E-state index contributed by atoms with van der Waals surface area (Å²) in [6.07, 6.45) is 0.